The number of hydrogen-bond donors (Lipinski definition) is 1. The molecule has 1 N–H and O–H groups in total. The van der Waals surface area contributed by atoms with Crippen molar-refractivity contribution in [2.45, 2.75) is 6.92 Å². The number of pyridine rings is 1. The largest absolute Gasteiger partial charge is 0.496 e. The van der Waals surface area contributed by atoms with E-state index in [4.69, 9.17) is 30.5 Å². The van der Waals surface area contributed by atoms with Crippen LogP contribution >= 0.6 is 11.6 Å². The van der Waals surface area contributed by atoms with Crippen LogP contribution in [-0.4, -0.2) is 63.6 Å². The van der Waals surface area contributed by atoms with Crippen molar-refractivity contribution in [2.24, 2.45) is 0 Å². The molecule has 8 nitrogen and oxygen atoms in total. The summed E-state index contributed by atoms with van der Waals surface area (Å²) in [7, 11) is 3.25. The zero-order chi connectivity index (χ0) is 26.6. The molecule has 196 valence electrons. The topological polar surface area (TPSA) is 88.9 Å². The Balaban J connectivity index is 1.52. The van der Waals surface area contributed by atoms with Gasteiger partial charge in [-0.05, 0) is 42.8 Å². The van der Waals surface area contributed by atoms with E-state index in [1.54, 1.807) is 20.4 Å². The first-order valence-electron chi connectivity index (χ1n) is 12.4. The van der Waals surface area contributed by atoms with Gasteiger partial charge in [0.15, 0.2) is 11.5 Å². The number of rotatable bonds is 8. The molecule has 38 heavy (non-hydrogen) atoms. The molecule has 0 aliphatic carbocycles. The summed E-state index contributed by atoms with van der Waals surface area (Å²) in [6.07, 6.45) is 1.57. The minimum Gasteiger partial charge on any atom is -0.496 e. The van der Waals surface area contributed by atoms with Crippen LogP contribution in [0.2, 0.25) is 5.02 Å². The van der Waals surface area contributed by atoms with E-state index >= 15 is 0 Å². The van der Waals surface area contributed by atoms with Gasteiger partial charge in [-0.1, -0.05) is 11.6 Å². The summed E-state index contributed by atoms with van der Waals surface area (Å²) in [4.78, 5) is 6.97. The van der Waals surface area contributed by atoms with Crippen molar-refractivity contribution in [3.05, 3.63) is 58.7 Å². The van der Waals surface area contributed by atoms with Gasteiger partial charge in [-0.15, -0.1) is 0 Å². The lowest BCUT2D eigenvalue weighted by molar-refractivity contribution is 0.0321. The van der Waals surface area contributed by atoms with Gasteiger partial charge in [0, 0.05) is 48.1 Å². The lowest BCUT2D eigenvalue weighted by Gasteiger charge is -2.26. The fraction of sp³-hybridized carbons (Fsp3) is 0.310. The molecule has 4 aromatic rings. The number of nitrogens with one attached hydrogen (secondary N) is 1. The molecule has 0 bridgehead atoms. The third-order valence-corrected chi connectivity index (χ3v) is 7.10. The predicted octanol–water partition coefficient (Wildman–Crippen LogP) is 5.69. The summed E-state index contributed by atoms with van der Waals surface area (Å²) in [5, 5.41) is 16.3. The Morgan fingerprint density at radius 2 is 1.82 bits per heavy atom. The number of hydrogen-bond acceptors (Lipinski definition) is 8. The van der Waals surface area contributed by atoms with Gasteiger partial charge in [-0.25, -0.2) is 0 Å². The first kappa shape index (κ1) is 25.9. The number of nitrogens with zero attached hydrogens (tertiary/aromatic N) is 3. The quantitative estimate of drug-likeness (QED) is 0.289. The van der Waals surface area contributed by atoms with Crippen LogP contribution in [0, 0.1) is 18.3 Å². The maximum Gasteiger partial charge on any atom is 0.168 e. The summed E-state index contributed by atoms with van der Waals surface area (Å²) in [6.45, 7) is 6.64. The Labute approximate surface area is 226 Å². The Morgan fingerprint density at radius 3 is 2.55 bits per heavy atom. The molecule has 1 aromatic heterocycles. The third-order valence-electron chi connectivity index (χ3n) is 6.79. The number of benzene rings is 3. The van der Waals surface area contributed by atoms with E-state index in [1.165, 1.54) is 0 Å². The maximum atomic E-state index is 9.84. The fourth-order valence-corrected chi connectivity index (χ4v) is 5.04. The zero-order valence-electron chi connectivity index (χ0n) is 21.6. The second kappa shape index (κ2) is 11.3. The van der Waals surface area contributed by atoms with Crippen LogP contribution in [-0.2, 0) is 4.74 Å². The van der Waals surface area contributed by atoms with Crippen molar-refractivity contribution in [3.8, 4) is 23.3 Å². The zero-order valence-corrected chi connectivity index (χ0v) is 22.4. The highest BCUT2D eigenvalue weighted by atomic mass is 35.5. The molecule has 9 heteroatoms. The minimum absolute atomic E-state index is 0.405. The average molecular weight is 533 g/mol. The van der Waals surface area contributed by atoms with Gasteiger partial charge in [0.1, 0.15) is 18.4 Å². The molecule has 0 unspecified atom stereocenters. The summed E-state index contributed by atoms with van der Waals surface area (Å²) >= 11 is 6.54. The third kappa shape index (κ3) is 5.01. The molecule has 1 saturated heterocycles. The van der Waals surface area contributed by atoms with Gasteiger partial charge in [-0.3, -0.25) is 9.88 Å². The highest BCUT2D eigenvalue weighted by Gasteiger charge is 2.18. The molecule has 0 amide bonds. The smallest absolute Gasteiger partial charge is 0.168 e. The first-order chi connectivity index (χ1) is 18.5. The number of aryl methyl sites for hydroxylation is 1. The summed E-state index contributed by atoms with van der Waals surface area (Å²) in [5.74, 6) is 2.03. The lowest BCUT2D eigenvalue weighted by Crippen LogP contribution is -2.38. The van der Waals surface area contributed by atoms with Crippen molar-refractivity contribution in [1.29, 1.82) is 5.26 Å². The van der Waals surface area contributed by atoms with Crippen LogP contribution in [0.4, 0.5) is 11.4 Å². The molecule has 0 atom stereocenters. The van der Waals surface area contributed by atoms with Crippen molar-refractivity contribution >= 4 is 44.7 Å². The second-order valence-electron chi connectivity index (χ2n) is 9.04. The van der Waals surface area contributed by atoms with Crippen LogP contribution in [0.15, 0.2) is 42.6 Å². The van der Waals surface area contributed by atoms with Crippen LogP contribution in [0.3, 0.4) is 0 Å². The van der Waals surface area contributed by atoms with Crippen molar-refractivity contribution < 1.29 is 18.9 Å². The molecule has 3 aromatic carbocycles. The summed E-state index contributed by atoms with van der Waals surface area (Å²) in [5.41, 5.74) is 3.32. The number of methoxy groups -OCH3 is 2. The number of morpholine rings is 1. The number of halogens is 1. The van der Waals surface area contributed by atoms with E-state index in [2.05, 4.69) is 21.3 Å². The Kier molecular flexibility index (Phi) is 7.70. The molecular formula is C29H29ClN4O4. The van der Waals surface area contributed by atoms with Crippen LogP contribution in [0.5, 0.6) is 17.2 Å². The molecule has 5 rings (SSSR count). The van der Waals surface area contributed by atoms with E-state index < -0.39 is 0 Å². The molecule has 0 saturated carbocycles. The maximum absolute atomic E-state index is 9.84. The Hall–Kier alpha value is -3.77. The molecule has 0 spiro atoms. The highest BCUT2D eigenvalue weighted by molar-refractivity contribution is 6.33. The molecule has 1 aliphatic rings. The van der Waals surface area contributed by atoms with E-state index in [1.807, 2.05) is 43.3 Å². The average Bonchev–Trinajstić information content (AvgIpc) is 2.94. The lowest BCUT2D eigenvalue weighted by atomic mass is 10.0. The Bertz CT molecular complexity index is 1530. The Morgan fingerprint density at radius 1 is 1.05 bits per heavy atom. The first-order valence-corrected chi connectivity index (χ1v) is 12.8. The number of nitriles is 1. The molecular weight excluding hydrogens is 504 g/mol. The van der Waals surface area contributed by atoms with Gasteiger partial charge >= 0.3 is 0 Å². The van der Waals surface area contributed by atoms with Crippen molar-refractivity contribution in [2.75, 3.05) is 59.0 Å². The van der Waals surface area contributed by atoms with Crippen LogP contribution in [0.25, 0.3) is 21.7 Å². The van der Waals surface area contributed by atoms with Crippen molar-refractivity contribution in [1.82, 2.24) is 9.88 Å². The molecule has 0 radical (unpaired) electrons. The van der Waals surface area contributed by atoms with E-state index in [0.29, 0.717) is 45.8 Å². The van der Waals surface area contributed by atoms with Crippen molar-refractivity contribution in [3.63, 3.8) is 0 Å². The number of anilines is 2. The highest BCUT2D eigenvalue weighted by Crippen LogP contribution is 2.41. The van der Waals surface area contributed by atoms with Gasteiger partial charge < -0.3 is 24.3 Å². The second-order valence-corrected chi connectivity index (χ2v) is 9.45. The van der Waals surface area contributed by atoms with Gasteiger partial charge in [0.25, 0.3) is 0 Å². The van der Waals surface area contributed by atoms with Gasteiger partial charge in [0.05, 0.1) is 54.9 Å². The minimum atomic E-state index is 0.405. The predicted molar refractivity (Wildman–Crippen MR) is 149 cm³/mol. The van der Waals surface area contributed by atoms with Crippen LogP contribution < -0.4 is 19.5 Å². The van der Waals surface area contributed by atoms with Gasteiger partial charge in [0.2, 0.25) is 0 Å². The van der Waals surface area contributed by atoms with E-state index in [-0.39, 0.29) is 0 Å². The van der Waals surface area contributed by atoms with Crippen LogP contribution in [0.1, 0.15) is 11.1 Å². The monoisotopic (exact) mass is 532 g/mol. The standard InChI is InChI=1S/C29H29ClN4O4/c1-18-14-23(30)24(15-26(18)35-2)33-27-19(16-31)17-32-28-20-6-7-25(29(36-3)21(20)4-5-22(27)28)38-13-10-34-8-11-37-12-9-34/h4-7,14-15,17H,8-13H2,1-3H3,(H,32,33). The van der Waals surface area contributed by atoms with Gasteiger partial charge in [-0.2, -0.15) is 5.26 Å². The number of fused-ring (bicyclic) bond motifs is 3. The number of aromatic nitrogens is 1. The van der Waals surface area contributed by atoms with E-state index in [0.717, 1.165) is 60.1 Å². The molecule has 2 heterocycles. The van der Waals surface area contributed by atoms with E-state index in [9.17, 15) is 5.26 Å². The molecule has 1 fully saturated rings. The summed E-state index contributed by atoms with van der Waals surface area (Å²) < 4.78 is 22.8. The normalized spacial score (nSPS) is 13.9. The number of ether oxygens (including phenoxy) is 4. The SMILES string of the molecule is COc1cc(Nc2c(C#N)cnc3c2ccc2c(OC)c(OCCN4CCOCC4)ccc23)c(Cl)cc1C. The summed E-state index contributed by atoms with van der Waals surface area (Å²) in [6, 6.07) is 13.7. The fourth-order valence-electron chi connectivity index (χ4n) is 4.78. The molecule has 1 aliphatic heterocycles.